The van der Waals surface area contributed by atoms with Crippen LogP contribution in [0.4, 0.5) is 0 Å². The number of hydrogen-bond donors (Lipinski definition) is 0. The SMILES string of the molecule is C[CH+]C.Cc1ccnc(-c2cc(C)ccn2)c1.Cc1ccnc(-c2cc(C)ccn2)c1.Cc1ccnc(-c2cc(C)ccn2)c1.Cc1ccnc(-c2cc(C)ccn2)c1.[CH3-].[CH3-].[Cu+2].[Cu].[Cu]. The van der Waals surface area contributed by atoms with Gasteiger partial charge in [-0.15, -0.1) is 0 Å². The molecule has 0 aliphatic carbocycles. The van der Waals surface area contributed by atoms with Crippen molar-refractivity contribution in [3.8, 4) is 45.6 Å². The Morgan fingerprint density at radius 1 is 0.266 bits per heavy atom. The Morgan fingerprint density at radius 2 is 0.359 bits per heavy atom. The predicted molar refractivity (Wildman–Crippen MR) is 256 cm³/mol. The van der Waals surface area contributed by atoms with Crippen LogP contribution in [0.5, 0.6) is 0 Å². The zero-order chi connectivity index (χ0) is 42.6. The molecule has 11 heteroatoms. The van der Waals surface area contributed by atoms with Gasteiger partial charge in [0.05, 0.1) is 65.8 Å². The largest absolute Gasteiger partial charge is 2.00 e. The first kappa shape index (κ1) is 60.7. The fourth-order valence-corrected chi connectivity index (χ4v) is 5.41. The first-order chi connectivity index (χ1) is 28.4. The second kappa shape index (κ2) is 32.3. The van der Waals surface area contributed by atoms with Crippen LogP contribution in [0.25, 0.3) is 45.6 Å². The van der Waals surface area contributed by atoms with Crippen molar-refractivity contribution in [1.82, 2.24) is 39.9 Å². The van der Waals surface area contributed by atoms with Crippen molar-refractivity contribution in [3.63, 3.8) is 0 Å². The number of aryl methyl sites for hydroxylation is 8. The van der Waals surface area contributed by atoms with Crippen molar-refractivity contribution >= 4 is 0 Å². The minimum atomic E-state index is 0. The molecule has 64 heavy (non-hydrogen) atoms. The van der Waals surface area contributed by atoms with Crippen LogP contribution in [-0.4, -0.2) is 39.9 Å². The van der Waals surface area contributed by atoms with E-state index in [1.807, 2.05) is 167 Å². The standard InChI is InChI=1S/4C12H12N2.C3H7.2CH3.3Cu/c4*1-9-3-5-13-11(7-9)12-8-10(2)4-6-14-12;1-3-2;;;;;/h4*3-8H,1-2H3;3H,1-2H3;2*1H3;;;/q;;;;+1;2*-1;;;+2. The van der Waals surface area contributed by atoms with Crippen LogP contribution < -0.4 is 0 Å². The maximum Gasteiger partial charge on any atom is 2.00 e. The van der Waals surface area contributed by atoms with Crippen LogP contribution in [-0.2, 0) is 51.2 Å². The molecular formula is C53H61Cu3N8+. The third kappa shape index (κ3) is 21.3. The summed E-state index contributed by atoms with van der Waals surface area (Å²) in [6.07, 6.45) is 16.5. The average Bonchev–Trinajstić information content (AvgIpc) is 3.22. The molecule has 0 saturated carbocycles. The molecule has 0 N–H and O–H groups in total. The summed E-state index contributed by atoms with van der Waals surface area (Å²) in [7, 11) is 0. The summed E-state index contributed by atoms with van der Waals surface area (Å²) in [4.78, 5) is 34.3. The first-order valence-corrected chi connectivity index (χ1v) is 19.6. The Bertz CT molecular complexity index is 2010. The van der Waals surface area contributed by atoms with Gasteiger partial charge >= 0.3 is 17.1 Å². The van der Waals surface area contributed by atoms with Gasteiger partial charge in [0.2, 0.25) is 0 Å². The molecule has 0 saturated heterocycles. The summed E-state index contributed by atoms with van der Waals surface area (Å²) in [6, 6.07) is 32.2. The summed E-state index contributed by atoms with van der Waals surface area (Å²) in [5.41, 5.74) is 17.2. The quantitative estimate of drug-likeness (QED) is 0.127. The van der Waals surface area contributed by atoms with Gasteiger partial charge in [0, 0.05) is 83.7 Å². The summed E-state index contributed by atoms with van der Waals surface area (Å²) in [5, 5.41) is 0. The van der Waals surface area contributed by atoms with Crippen molar-refractivity contribution in [3.05, 3.63) is 212 Å². The number of hydrogen-bond acceptors (Lipinski definition) is 8. The minimum Gasteiger partial charge on any atom is -0.358 e. The van der Waals surface area contributed by atoms with E-state index in [1.54, 1.807) is 0 Å². The van der Waals surface area contributed by atoms with Crippen molar-refractivity contribution < 1.29 is 51.2 Å². The first-order valence-electron chi connectivity index (χ1n) is 19.6. The summed E-state index contributed by atoms with van der Waals surface area (Å²) < 4.78 is 0. The molecule has 0 amide bonds. The van der Waals surface area contributed by atoms with Crippen LogP contribution in [0.2, 0.25) is 0 Å². The molecule has 8 aromatic heterocycles. The second-order valence-electron chi connectivity index (χ2n) is 14.3. The number of rotatable bonds is 4. The van der Waals surface area contributed by atoms with Crippen LogP contribution in [0, 0.1) is 76.7 Å². The van der Waals surface area contributed by atoms with E-state index in [0.29, 0.717) is 0 Å². The topological polar surface area (TPSA) is 103 Å². The van der Waals surface area contributed by atoms with E-state index in [1.165, 1.54) is 44.5 Å². The molecule has 0 aliphatic heterocycles. The van der Waals surface area contributed by atoms with Crippen molar-refractivity contribution in [2.45, 2.75) is 69.2 Å². The normalized spacial score (nSPS) is 9.09. The van der Waals surface area contributed by atoms with Gasteiger partial charge in [0.15, 0.2) is 0 Å². The maximum atomic E-state index is 4.29. The Labute approximate surface area is 415 Å². The molecule has 0 fully saturated rings. The van der Waals surface area contributed by atoms with E-state index in [2.05, 4.69) is 95.3 Å². The smallest absolute Gasteiger partial charge is 0.358 e. The molecule has 345 valence electrons. The van der Waals surface area contributed by atoms with Gasteiger partial charge in [0.25, 0.3) is 0 Å². The van der Waals surface area contributed by atoms with Crippen LogP contribution >= 0.6 is 0 Å². The molecule has 0 bridgehead atoms. The fraction of sp³-hybridized carbons (Fsp3) is 0.189. The van der Waals surface area contributed by atoms with Gasteiger partial charge in [-0.1, -0.05) is 0 Å². The number of aromatic nitrogens is 8. The maximum absolute atomic E-state index is 4.29. The molecule has 0 unspecified atom stereocenters. The molecule has 8 rings (SSSR count). The number of pyridine rings is 8. The van der Waals surface area contributed by atoms with E-state index >= 15 is 0 Å². The summed E-state index contributed by atoms with van der Waals surface area (Å²) in [5.74, 6) is 0. The molecule has 0 spiro atoms. The third-order valence-electron chi connectivity index (χ3n) is 8.37. The van der Waals surface area contributed by atoms with Crippen LogP contribution in [0.15, 0.2) is 147 Å². The Kier molecular flexibility index (Phi) is 30.7. The fourth-order valence-electron chi connectivity index (χ4n) is 5.41. The third-order valence-corrected chi connectivity index (χ3v) is 8.37. The van der Waals surface area contributed by atoms with E-state index in [0.717, 1.165) is 45.6 Å². The molecule has 0 aliphatic rings. The van der Waals surface area contributed by atoms with Gasteiger partial charge < -0.3 is 14.9 Å². The summed E-state index contributed by atoms with van der Waals surface area (Å²) >= 11 is 0. The summed E-state index contributed by atoms with van der Waals surface area (Å²) in [6.45, 7) is 20.5. The molecular weight excluding hydrogens is 939 g/mol. The zero-order valence-corrected chi connectivity index (χ0v) is 41.7. The van der Waals surface area contributed by atoms with Gasteiger partial charge in [-0.05, 0) is 197 Å². The number of nitrogens with zero attached hydrogens (tertiary/aromatic N) is 8. The molecule has 8 nitrogen and oxygen atoms in total. The monoisotopic (exact) mass is 998 g/mol. The molecule has 0 aromatic carbocycles. The Hall–Kier alpha value is -5.37. The van der Waals surface area contributed by atoms with E-state index in [-0.39, 0.29) is 66.1 Å². The van der Waals surface area contributed by atoms with Crippen LogP contribution in [0.1, 0.15) is 58.4 Å². The van der Waals surface area contributed by atoms with Gasteiger partial charge in [-0.3, -0.25) is 39.9 Å². The van der Waals surface area contributed by atoms with Crippen LogP contribution in [0.3, 0.4) is 0 Å². The molecule has 3 radical (unpaired) electrons. The molecule has 8 aromatic rings. The molecule has 0 atom stereocenters. The predicted octanol–water partition coefficient (Wildman–Crippen LogP) is 13.2. The Balaban J connectivity index is 0. The van der Waals surface area contributed by atoms with Gasteiger partial charge in [-0.25, -0.2) is 0 Å². The van der Waals surface area contributed by atoms with Crippen molar-refractivity contribution in [2.75, 3.05) is 0 Å². The van der Waals surface area contributed by atoms with Gasteiger partial charge in [0.1, 0.15) is 0 Å². The van der Waals surface area contributed by atoms with E-state index in [4.69, 9.17) is 0 Å². The van der Waals surface area contributed by atoms with E-state index in [9.17, 15) is 0 Å². The van der Waals surface area contributed by atoms with E-state index < -0.39 is 0 Å². The Morgan fingerprint density at radius 3 is 0.438 bits per heavy atom. The average molecular weight is 1000 g/mol. The van der Waals surface area contributed by atoms with Crippen molar-refractivity contribution in [2.24, 2.45) is 0 Å². The molecule has 8 heterocycles. The van der Waals surface area contributed by atoms with Gasteiger partial charge in [-0.2, -0.15) is 0 Å². The minimum absolute atomic E-state index is 0. The zero-order valence-electron chi connectivity index (χ0n) is 38.9. The second-order valence-corrected chi connectivity index (χ2v) is 14.3. The van der Waals surface area contributed by atoms with Crippen molar-refractivity contribution in [1.29, 1.82) is 0 Å².